The third kappa shape index (κ3) is 4.62. The van der Waals surface area contributed by atoms with Gasteiger partial charge in [-0.3, -0.25) is 9.78 Å². The molecule has 0 radical (unpaired) electrons. The van der Waals surface area contributed by atoms with E-state index in [1.165, 1.54) is 13.2 Å². The summed E-state index contributed by atoms with van der Waals surface area (Å²) < 4.78 is 30.5. The van der Waals surface area contributed by atoms with E-state index in [2.05, 4.69) is 4.98 Å². The van der Waals surface area contributed by atoms with Crippen LogP contribution in [0.1, 0.15) is 12.0 Å². The van der Waals surface area contributed by atoms with Crippen molar-refractivity contribution in [2.45, 2.75) is 25.0 Å². The van der Waals surface area contributed by atoms with Crippen molar-refractivity contribution in [3.05, 3.63) is 53.1 Å². The molecule has 1 aromatic carbocycles. The molecule has 0 unspecified atom stereocenters. The molecule has 0 spiro atoms. The zero-order chi connectivity index (χ0) is 20.4. The first-order valence-corrected chi connectivity index (χ1v) is 9.88. The summed E-state index contributed by atoms with van der Waals surface area (Å²) in [5, 5.41) is 0.526. The normalized spacial score (nSPS) is 23.1. The molecule has 2 saturated heterocycles. The number of pyridine rings is 1. The molecule has 0 aliphatic carbocycles. The van der Waals surface area contributed by atoms with Gasteiger partial charge in [0.25, 0.3) is 0 Å². The molecule has 2 aliphatic rings. The Morgan fingerprint density at radius 3 is 2.93 bits per heavy atom. The first-order valence-electron chi connectivity index (χ1n) is 9.51. The molecular formula is C21H22ClFN2O4. The van der Waals surface area contributed by atoms with Gasteiger partial charge in [0.1, 0.15) is 12.4 Å². The predicted octanol–water partition coefficient (Wildman–Crippen LogP) is 3.12. The van der Waals surface area contributed by atoms with E-state index in [1.54, 1.807) is 35.5 Å². The van der Waals surface area contributed by atoms with Crippen LogP contribution in [0, 0.1) is 11.7 Å². The zero-order valence-electron chi connectivity index (χ0n) is 16.0. The highest BCUT2D eigenvalue weighted by atomic mass is 35.5. The molecule has 3 atom stereocenters. The summed E-state index contributed by atoms with van der Waals surface area (Å²) in [6, 6.07) is 6.32. The second kappa shape index (κ2) is 8.55. The summed E-state index contributed by atoms with van der Waals surface area (Å²) in [5.74, 6) is 0.592. The van der Waals surface area contributed by atoms with Crippen LogP contribution in [-0.4, -0.2) is 54.8 Å². The number of nitrogens with zero attached hydrogens (tertiary/aromatic N) is 2. The number of rotatable bonds is 6. The second-order valence-electron chi connectivity index (χ2n) is 7.39. The van der Waals surface area contributed by atoms with Gasteiger partial charge in [0.05, 0.1) is 37.0 Å². The van der Waals surface area contributed by atoms with Gasteiger partial charge >= 0.3 is 0 Å². The molecule has 0 saturated carbocycles. The Balaban J connectivity index is 1.26. The largest absolute Gasteiger partial charge is 0.494 e. The number of methoxy groups -OCH3 is 1. The van der Waals surface area contributed by atoms with E-state index < -0.39 is 5.82 Å². The summed E-state index contributed by atoms with van der Waals surface area (Å²) in [6.07, 6.45) is 4.16. The molecule has 154 valence electrons. The van der Waals surface area contributed by atoms with Crippen molar-refractivity contribution in [2.24, 2.45) is 5.92 Å². The summed E-state index contributed by atoms with van der Waals surface area (Å²) in [6.45, 7) is 1.63. The molecule has 29 heavy (non-hydrogen) atoms. The molecule has 8 heteroatoms. The molecule has 2 fully saturated rings. The number of likely N-dealkylation sites (tertiary alicyclic amines) is 1. The SMILES string of the molecule is COc1ccc(CC(=O)N2C[C@@H]3C[C@@H](COc4cncc(Cl)c4)O[C@@H]3C2)cc1F. The van der Waals surface area contributed by atoms with E-state index in [0.29, 0.717) is 36.0 Å². The van der Waals surface area contributed by atoms with Crippen molar-refractivity contribution < 1.29 is 23.4 Å². The van der Waals surface area contributed by atoms with Crippen LogP contribution in [0.15, 0.2) is 36.7 Å². The zero-order valence-corrected chi connectivity index (χ0v) is 16.8. The van der Waals surface area contributed by atoms with Gasteiger partial charge in [0, 0.05) is 31.3 Å². The van der Waals surface area contributed by atoms with Crippen molar-refractivity contribution in [3.63, 3.8) is 0 Å². The highest BCUT2D eigenvalue weighted by Crippen LogP contribution is 2.33. The Morgan fingerprint density at radius 1 is 1.34 bits per heavy atom. The van der Waals surface area contributed by atoms with E-state index in [-0.39, 0.29) is 36.2 Å². The number of halogens is 2. The molecule has 6 nitrogen and oxygen atoms in total. The molecule has 2 aromatic rings. The average Bonchev–Trinajstić information content (AvgIpc) is 3.25. The first kappa shape index (κ1) is 19.9. The maximum absolute atomic E-state index is 13.8. The fraction of sp³-hybridized carbons (Fsp3) is 0.429. The topological polar surface area (TPSA) is 60.9 Å². The summed E-state index contributed by atoms with van der Waals surface area (Å²) >= 11 is 5.91. The smallest absolute Gasteiger partial charge is 0.227 e. The fourth-order valence-corrected chi connectivity index (χ4v) is 4.10. The molecule has 0 bridgehead atoms. The number of hydrogen-bond donors (Lipinski definition) is 0. The highest BCUT2D eigenvalue weighted by Gasteiger charge is 2.43. The van der Waals surface area contributed by atoms with Crippen LogP contribution in [0.5, 0.6) is 11.5 Å². The third-order valence-electron chi connectivity index (χ3n) is 5.35. The highest BCUT2D eigenvalue weighted by molar-refractivity contribution is 6.30. The molecular weight excluding hydrogens is 399 g/mol. The summed E-state index contributed by atoms with van der Waals surface area (Å²) in [7, 11) is 1.41. The first-order chi connectivity index (χ1) is 14.0. The molecule has 3 heterocycles. The minimum atomic E-state index is -0.461. The molecule has 1 amide bonds. The summed E-state index contributed by atoms with van der Waals surface area (Å²) in [4.78, 5) is 18.4. The number of hydrogen-bond acceptors (Lipinski definition) is 5. The number of benzene rings is 1. The Bertz CT molecular complexity index is 883. The quantitative estimate of drug-likeness (QED) is 0.718. The van der Waals surface area contributed by atoms with Crippen LogP contribution in [0.4, 0.5) is 4.39 Å². The standard InChI is InChI=1S/C21H22ClFN2O4/c1-27-19-3-2-13(4-18(19)23)5-21(26)25-10-14-6-17(29-20(14)11-25)12-28-16-7-15(22)8-24-9-16/h2-4,7-9,14,17,20H,5-6,10-12H2,1H3/t14-,17-,20+/m0/s1. The maximum Gasteiger partial charge on any atom is 0.227 e. The average molecular weight is 421 g/mol. The lowest BCUT2D eigenvalue weighted by Gasteiger charge is -2.20. The van der Waals surface area contributed by atoms with Crippen molar-refractivity contribution >= 4 is 17.5 Å². The third-order valence-corrected chi connectivity index (χ3v) is 5.56. The van der Waals surface area contributed by atoms with Crippen molar-refractivity contribution in [2.75, 3.05) is 26.8 Å². The van der Waals surface area contributed by atoms with Crippen LogP contribution in [-0.2, 0) is 16.0 Å². The Hall–Kier alpha value is -2.38. The molecule has 2 aliphatic heterocycles. The Kier molecular flexibility index (Phi) is 5.87. The van der Waals surface area contributed by atoms with Crippen LogP contribution in [0.3, 0.4) is 0 Å². The Labute approximate surface area is 173 Å². The maximum atomic E-state index is 13.8. The van der Waals surface area contributed by atoms with E-state index in [9.17, 15) is 9.18 Å². The van der Waals surface area contributed by atoms with E-state index in [1.807, 2.05) is 0 Å². The number of ether oxygens (including phenoxy) is 3. The van der Waals surface area contributed by atoms with E-state index >= 15 is 0 Å². The van der Waals surface area contributed by atoms with Gasteiger partial charge < -0.3 is 19.1 Å². The van der Waals surface area contributed by atoms with Crippen LogP contribution >= 0.6 is 11.6 Å². The number of fused-ring (bicyclic) bond motifs is 1. The van der Waals surface area contributed by atoms with Gasteiger partial charge in [0.15, 0.2) is 11.6 Å². The molecule has 1 aromatic heterocycles. The van der Waals surface area contributed by atoms with Gasteiger partial charge in [-0.25, -0.2) is 4.39 Å². The number of carbonyl (C=O) groups excluding carboxylic acids is 1. The van der Waals surface area contributed by atoms with Crippen LogP contribution in [0.25, 0.3) is 0 Å². The Morgan fingerprint density at radius 2 is 2.21 bits per heavy atom. The minimum absolute atomic E-state index is 0.0117. The predicted molar refractivity (Wildman–Crippen MR) is 105 cm³/mol. The van der Waals surface area contributed by atoms with Crippen molar-refractivity contribution in [1.82, 2.24) is 9.88 Å². The second-order valence-corrected chi connectivity index (χ2v) is 7.82. The van der Waals surface area contributed by atoms with Crippen molar-refractivity contribution in [3.8, 4) is 11.5 Å². The van der Waals surface area contributed by atoms with Crippen molar-refractivity contribution in [1.29, 1.82) is 0 Å². The van der Waals surface area contributed by atoms with Gasteiger partial charge in [0.2, 0.25) is 5.91 Å². The van der Waals surface area contributed by atoms with Gasteiger partial charge in [-0.2, -0.15) is 0 Å². The minimum Gasteiger partial charge on any atom is -0.494 e. The molecule has 0 N–H and O–H groups in total. The lowest BCUT2D eigenvalue weighted by Crippen LogP contribution is -2.33. The lowest BCUT2D eigenvalue weighted by atomic mass is 10.0. The van der Waals surface area contributed by atoms with Crippen LogP contribution < -0.4 is 9.47 Å². The lowest BCUT2D eigenvalue weighted by molar-refractivity contribution is -0.130. The number of amides is 1. The fourth-order valence-electron chi connectivity index (χ4n) is 3.94. The van der Waals surface area contributed by atoms with Gasteiger partial charge in [-0.1, -0.05) is 17.7 Å². The number of aromatic nitrogens is 1. The molecule has 4 rings (SSSR count). The van der Waals surface area contributed by atoms with E-state index in [0.717, 1.165) is 6.42 Å². The van der Waals surface area contributed by atoms with Gasteiger partial charge in [-0.05, 0) is 24.1 Å². The monoisotopic (exact) mass is 420 g/mol. The van der Waals surface area contributed by atoms with E-state index in [4.69, 9.17) is 25.8 Å². The summed E-state index contributed by atoms with van der Waals surface area (Å²) in [5.41, 5.74) is 0.632. The number of carbonyl (C=O) groups is 1. The van der Waals surface area contributed by atoms with Crippen LogP contribution in [0.2, 0.25) is 5.02 Å². The van der Waals surface area contributed by atoms with Gasteiger partial charge in [-0.15, -0.1) is 0 Å².